The molecule has 0 unspecified atom stereocenters. The number of carbonyl (C=O) groups excluding carboxylic acids is 1. The Morgan fingerprint density at radius 1 is 1.04 bits per heavy atom. The first-order chi connectivity index (χ1) is 11.6. The minimum atomic E-state index is -0.0629. The number of nitrogens with zero attached hydrogens (tertiary/aromatic N) is 2. The van der Waals surface area contributed by atoms with E-state index < -0.39 is 0 Å². The quantitative estimate of drug-likeness (QED) is 0.872. The van der Waals surface area contributed by atoms with Gasteiger partial charge in [0.05, 0.1) is 25.6 Å². The predicted molar refractivity (Wildman–Crippen MR) is 94.6 cm³/mol. The third-order valence-electron chi connectivity index (χ3n) is 4.27. The van der Waals surface area contributed by atoms with Crippen molar-refractivity contribution in [2.75, 3.05) is 32.7 Å². The molecule has 0 fully saturated rings. The van der Waals surface area contributed by atoms with Crippen LogP contribution in [0.1, 0.15) is 16.7 Å². The lowest BCUT2D eigenvalue weighted by atomic mass is 9.96. The lowest BCUT2D eigenvalue weighted by Crippen LogP contribution is -2.27. The zero-order valence-corrected chi connectivity index (χ0v) is 14.3. The third kappa shape index (κ3) is 2.62. The first-order valence-corrected chi connectivity index (χ1v) is 7.70. The predicted octanol–water partition coefficient (Wildman–Crippen LogP) is 2.83. The van der Waals surface area contributed by atoms with Gasteiger partial charge in [0.15, 0.2) is 11.5 Å². The summed E-state index contributed by atoms with van der Waals surface area (Å²) in [5.74, 6) is 1.13. The molecule has 24 heavy (non-hydrogen) atoms. The highest BCUT2D eigenvalue weighted by Gasteiger charge is 2.25. The molecule has 1 heterocycles. The topological polar surface area (TPSA) is 51.1 Å². The van der Waals surface area contributed by atoms with Gasteiger partial charge in [-0.15, -0.1) is 0 Å². The molecule has 0 atom stereocenters. The van der Waals surface area contributed by atoms with E-state index >= 15 is 0 Å². The molecule has 5 heteroatoms. The molecule has 0 radical (unpaired) electrons. The maximum atomic E-state index is 12.3. The molecular weight excluding hydrogens is 304 g/mol. The number of benzene rings is 2. The molecule has 1 aliphatic heterocycles. The summed E-state index contributed by atoms with van der Waals surface area (Å²) in [6.45, 7) is 2.15. The van der Waals surface area contributed by atoms with Crippen LogP contribution in [0.2, 0.25) is 0 Å². The molecule has 0 spiro atoms. The highest BCUT2D eigenvalue weighted by Crippen LogP contribution is 2.37. The van der Waals surface area contributed by atoms with Gasteiger partial charge in [0.2, 0.25) is 5.91 Å². The van der Waals surface area contributed by atoms with Gasteiger partial charge in [-0.05, 0) is 18.6 Å². The number of methoxy groups -OCH3 is 2. The molecule has 1 amide bonds. The molecule has 0 bridgehead atoms. The average molecular weight is 324 g/mol. The maximum absolute atomic E-state index is 12.3. The molecule has 2 aromatic rings. The summed E-state index contributed by atoms with van der Waals surface area (Å²) in [7, 11) is 4.93. The molecule has 124 valence electrons. The van der Waals surface area contributed by atoms with Crippen molar-refractivity contribution in [1.29, 1.82) is 0 Å². The van der Waals surface area contributed by atoms with E-state index in [0.717, 1.165) is 28.1 Å². The number of likely N-dealkylation sites (N-methyl/N-ethyl adjacent to an activating group) is 1. The van der Waals surface area contributed by atoms with Crippen LogP contribution in [0.25, 0.3) is 0 Å². The summed E-state index contributed by atoms with van der Waals surface area (Å²) in [5.41, 5.74) is 4.53. The molecule has 0 N–H and O–H groups in total. The smallest absolute Gasteiger partial charge is 0.248 e. The number of amides is 1. The van der Waals surface area contributed by atoms with Gasteiger partial charge < -0.3 is 14.4 Å². The molecule has 0 saturated carbocycles. The van der Waals surface area contributed by atoms with Gasteiger partial charge in [0.1, 0.15) is 6.54 Å². The van der Waals surface area contributed by atoms with Crippen molar-refractivity contribution in [1.82, 2.24) is 0 Å². The molecule has 5 nitrogen and oxygen atoms in total. The molecule has 0 aliphatic carbocycles. The Kier molecular flexibility index (Phi) is 4.25. The van der Waals surface area contributed by atoms with Crippen molar-refractivity contribution in [3.05, 3.63) is 53.1 Å². The lowest BCUT2D eigenvalue weighted by Gasteiger charge is -2.20. The monoisotopic (exact) mass is 324 g/mol. The van der Waals surface area contributed by atoms with Crippen LogP contribution >= 0.6 is 0 Å². The Balaban J connectivity index is 2.29. The van der Waals surface area contributed by atoms with Crippen molar-refractivity contribution in [2.45, 2.75) is 6.92 Å². The number of aliphatic imine (C=N–C) groups is 1. The number of hydrogen-bond donors (Lipinski definition) is 0. The number of ether oxygens (including phenoxy) is 2. The zero-order valence-electron chi connectivity index (χ0n) is 14.3. The number of benzodiazepines with no additional fused rings is 1. The summed E-state index contributed by atoms with van der Waals surface area (Å²) in [6, 6.07) is 11.7. The van der Waals surface area contributed by atoms with Crippen molar-refractivity contribution < 1.29 is 14.3 Å². The fourth-order valence-electron chi connectivity index (χ4n) is 2.88. The van der Waals surface area contributed by atoms with Gasteiger partial charge in [0, 0.05) is 24.2 Å². The largest absolute Gasteiger partial charge is 0.493 e. The Hall–Kier alpha value is -2.82. The first-order valence-electron chi connectivity index (χ1n) is 7.70. The van der Waals surface area contributed by atoms with Crippen LogP contribution in [0, 0.1) is 6.92 Å². The van der Waals surface area contributed by atoms with Crippen LogP contribution in [-0.2, 0) is 4.79 Å². The van der Waals surface area contributed by atoms with E-state index in [2.05, 4.69) is 4.99 Å². The maximum Gasteiger partial charge on any atom is 0.248 e. The Labute approximate surface area is 141 Å². The zero-order chi connectivity index (χ0) is 17.3. The number of hydrogen-bond acceptors (Lipinski definition) is 4. The van der Waals surface area contributed by atoms with Crippen LogP contribution in [0.4, 0.5) is 5.69 Å². The second-order valence-electron chi connectivity index (χ2n) is 5.66. The number of aryl methyl sites for hydroxylation is 1. The summed E-state index contributed by atoms with van der Waals surface area (Å²) in [6.07, 6.45) is 0. The summed E-state index contributed by atoms with van der Waals surface area (Å²) in [4.78, 5) is 18.5. The van der Waals surface area contributed by atoms with Gasteiger partial charge >= 0.3 is 0 Å². The van der Waals surface area contributed by atoms with Gasteiger partial charge in [0.25, 0.3) is 0 Å². The Bertz CT molecular complexity index is 827. The van der Waals surface area contributed by atoms with E-state index in [-0.39, 0.29) is 12.5 Å². The summed E-state index contributed by atoms with van der Waals surface area (Å²) in [5, 5.41) is 0. The fourth-order valence-corrected chi connectivity index (χ4v) is 2.88. The van der Waals surface area contributed by atoms with Gasteiger partial charge in [-0.1, -0.05) is 24.3 Å². The van der Waals surface area contributed by atoms with E-state index in [1.54, 1.807) is 26.2 Å². The van der Waals surface area contributed by atoms with Gasteiger partial charge in [-0.25, -0.2) is 0 Å². The first kappa shape index (κ1) is 16.1. The van der Waals surface area contributed by atoms with E-state index in [9.17, 15) is 4.79 Å². The number of carbonyl (C=O) groups is 1. The minimum absolute atomic E-state index is 0.0629. The van der Waals surface area contributed by atoms with Crippen LogP contribution in [0.3, 0.4) is 0 Å². The Morgan fingerprint density at radius 3 is 2.38 bits per heavy atom. The lowest BCUT2D eigenvalue weighted by molar-refractivity contribution is -0.116. The van der Waals surface area contributed by atoms with Crippen molar-refractivity contribution in [3.8, 4) is 11.5 Å². The van der Waals surface area contributed by atoms with Crippen molar-refractivity contribution in [3.63, 3.8) is 0 Å². The molecule has 0 saturated heterocycles. The van der Waals surface area contributed by atoms with E-state index in [0.29, 0.717) is 11.5 Å². The van der Waals surface area contributed by atoms with Gasteiger partial charge in [-0.3, -0.25) is 9.79 Å². The minimum Gasteiger partial charge on any atom is -0.493 e. The highest BCUT2D eigenvalue weighted by atomic mass is 16.5. The highest BCUT2D eigenvalue weighted by molar-refractivity contribution is 6.20. The van der Waals surface area contributed by atoms with Crippen LogP contribution < -0.4 is 14.4 Å². The second-order valence-corrected chi connectivity index (χ2v) is 5.66. The number of fused-ring (bicyclic) bond motifs is 1. The third-order valence-corrected chi connectivity index (χ3v) is 4.27. The molecule has 0 aromatic heterocycles. The molecule has 2 aromatic carbocycles. The summed E-state index contributed by atoms with van der Waals surface area (Å²) < 4.78 is 10.8. The van der Waals surface area contributed by atoms with E-state index in [4.69, 9.17) is 9.47 Å². The van der Waals surface area contributed by atoms with E-state index in [1.165, 1.54) is 0 Å². The number of rotatable bonds is 3. The molecule has 1 aliphatic rings. The normalized spacial score (nSPS) is 13.9. The average Bonchev–Trinajstić information content (AvgIpc) is 2.72. The second kappa shape index (κ2) is 6.35. The Morgan fingerprint density at radius 2 is 1.71 bits per heavy atom. The fraction of sp³-hybridized carbons (Fsp3) is 0.263. The van der Waals surface area contributed by atoms with Crippen LogP contribution in [0.15, 0.2) is 41.4 Å². The number of anilines is 1. The molecular formula is C19H20N2O3. The van der Waals surface area contributed by atoms with Crippen molar-refractivity contribution in [2.24, 2.45) is 4.99 Å². The van der Waals surface area contributed by atoms with E-state index in [1.807, 2.05) is 43.3 Å². The summed E-state index contributed by atoms with van der Waals surface area (Å²) >= 11 is 0. The standard InChI is InChI=1S/C19H20N2O3/c1-12-7-5-6-8-13(12)19-14-9-16(23-3)17(24-4)10-15(14)21(2)18(22)11-20-19/h5-10H,11H2,1-4H3. The SMILES string of the molecule is COc1cc2c(cc1OC)N(C)C(=O)CN=C2c1ccccc1C. The van der Waals surface area contributed by atoms with Crippen molar-refractivity contribution >= 4 is 17.3 Å². The van der Waals surface area contributed by atoms with Gasteiger partial charge in [-0.2, -0.15) is 0 Å². The van der Waals surface area contributed by atoms with Crippen LogP contribution in [-0.4, -0.2) is 39.4 Å². The van der Waals surface area contributed by atoms with Crippen LogP contribution in [0.5, 0.6) is 11.5 Å². The molecule has 3 rings (SSSR count).